The predicted molar refractivity (Wildman–Crippen MR) is 100 cm³/mol. The molecule has 1 aromatic carbocycles. The summed E-state index contributed by atoms with van der Waals surface area (Å²) in [5, 5.41) is 7.39. The number of rotatable bonds is 5. The van der Waals surface area contributed by atoms with Crippen molar-refractivity contribution >= 4 is 0 Å². The van der Waals surface area contributed by atoms with Crippen LogP contribution in [0.25, 0.3) is 11.3 Å². The summed E-state index contributed by atoms with van der Waals surface area (Å²) in [7, 11) is 0. The number of aromatic nitrogens is 2. The van der Waals surface area contributed by atoms with E-state index in [0.29, 0.717) is 0 Å². The van der Waals surface area contributed by atoms with Gasteiger partial charge in [0.25, 0.3) is 0 Å². The summed E-state index contributed by atoms with van der Waals surface area (Å²) in [5.41, 5.74) is 3.25. The van der Waals surface area contributed by atoms with Gasteiger partial charge < -0.3 is 0 Å². The molecule has 3 saturated heterocycles. The van der Waals surface area contributed by atoms with Gasteiger partial charge in [-0.3, -0.25) is 14.9 Å². The molecule has 4 aliphatic rings. The lowest BCUT2D eigenvalue weighted by atomic mass is 9.95. The van der Waals surface area contributed by atoms with Gasteiger partial charge in [0.05, 0.1) is 11.9 Å². The molecule has 4 heterocycles. The number of hydrogen-bond donors (Lipinski definition) is 1. The van der Waals surface area contributed by atoms with Gasteiger partial charge in [0, 0.05) is 49.9 Å². The van der Waals surface area contributed by atoms with Crippen LogP contribution in [0.15, 0.2) is 30.5 Å². The van der Waals surface area contributed by atoms with Crippen LogP contribution in [-0.4, -0.2) is 52.2 Å². The lowest BCUT2D eigenvalue weighted by Gasteiger charge is -2.36. The van der Waals surface area contributed by atoms with Gasteiger partial charge in [0.1, 0.15) is 5.82 Å². The van der Waals surface area contributed by atoms with Crippen LogP contribution in [0.4, 0.5) is 4.39 Å². The second-order valence-corrected chi connectivity index (χ2v) is 8.47. The maximum absolute atomic E-state index is 13.2. The molecule has 1 saturated carbocycles. The Hall–Kier alpha value is -1.72. The predicted octanol–water partition coefficient (Wildman–Crippen LogP) is 3.52. The molecule has 0 spiro atoms. The van der Waals surface area contributed by atoms with E-state index in [9.17, 15) is 4.39 Å². The van der Waals surface area contributed by atoms with Gasteiger partial charge in [-0.1, -0.05) is 0 Å². The molecule has 3 aliphatic heterocycles. The lowest BCUT2D eigenvalue weighted by Crippen LogP contribution is -2.44. The van der Waals surface area contributed by atoms with Gasteiger partial charge >= 0.3 is 0 Å². The highest BCUT2D eigenvalue weighted by Crippen LogP contribution is 2.35. The number of hydrogen-bond acceptors (Lipinski definition) is 3. The summed E-state index contributed by atoms with van der Waals surface area (Å²) in [4.78, 5) is 5.40. The van der Waals surface area contributed by atoms with Crippen LogP contribution >= 0.6 is 0 Å². The van der Waals surface area contributed by atoms with Crippen molar-refractivity contribution in [1.82, 2.24) is 20.0 Å². The maximum Gasteiger partial charge on any atom is 0.123 e. The summed E-state index contributed by atoms with van der Waals surface area (Å²) >= 11 is 0. The Morgan fingerprint density at radius 2 is 1.88 bits per heavy atom. The molecule has 0 unspecified atom stereocenters. The van der Waals surface area contributed by atoms with Crippen molar-refractivity contribution in [3.8, 4) is 11.3 Å². The average molecular weight is 354 g/mol. The van der Waals surface area contributed by atoms with E-state index in [2.05, 4.69) is 20.0 Å². The summed E-state index contributed by atoms with van der Waals surface area (Å²) in [6.45, 7) is 5.88. The van der Waals surface area contributed by atoms with Crippen molar-refractivity contribution < 1.29 is 4.39 Å². The second-order valence-electron chi connectivity index (χ2n) is 8.47. The van der Waals surface area contributed by atoms with Crippen molar-refractivity contribution in [2.45, 2.75) is 38.3 Å². The molecule has 4 nitrogen and oxygen atoms in total. The molecule has 26 heavy (non-hydrogen) atoms. The molecule has 4 fully saturated rings. The van der Waals surface area contributed by atoms with Gasteiger partial charge in [0.2, 0.25) is 0 Å². The third-order valence-corrected chi connectivity index (χ3v) is 6.34. The first-order valence-electron chi connectivity index (χ1n) is 9.99. The van der Waals surface area contributed by atoms with E-state index in [1.165, 1.54) is 63.0 Å². The van der Waals surface area contributed by atoms with E-state index < -0.39 is 0 Å². The molecule has 5 heteroatoms. The van der Waals surface area contributed by atoms with Crippen LogP contribution in [-0.2, 0) is 6.54 Å². The number of piperidine rings is 1. The molecule has 1 aromatic heterocycles. The summed E-state index contributed by atoms with van der Waals surface area (Å²) < 4.78 is 13.2. The smallest absolute Gasteiger partial charge is 0.123 e. The number of aromatic amines is 1. The van der Waals surface area contributed by atoms with E-state index in [0.717, 1.165) is 42.2 Å². The fourth-order valence-corrected chi connectivity index (χ4v) is 4.80. The van der Waals surface area contributed by atoms with Gasteiger partial charge in [-0.15, -0.1) is 0 Å². The second kappa shape index (κ2) is 6.78. The summed E-state index contributed by atoms with van der Waals surface area (Å²) in [6, 6.07) is 7.41. The Morgan fingerprint density at radius 3 is 2.69 bits per heavy atom. The van der Waals surface area contributed by atoms with Crippen LogP contribution in [0.5, 0.6) is 0 Å². The molecule has 138 valence electrons. The molecule has 2 atom stereocenters. The maximum atomic E-state index is 13.2. The number of nitrogens with one attached hydrogen (secondary N) is 1. The Morgan fingerprint density at radius 1 is 1.04 bits per heavy atom. The minimum absolute atomic E-state index is 0.199. The molecule has 0 amide bonds. The first-order valence-corrected chi connectivity index (χ1v) is 9.99. The Balaban J connectivity index is 1.31. The molecule has 2 bridgehead atoms. The van der Waals surface area contributed by atoms with E-state index in [4.69, 9.17) is 0 Å². The highest BCUT2D eigenvalue weighted by molar-refractivity contribution is 5.62. The van der Waals surface area contributed by atoms with Crippen LogP contribution in [0.3, 0.4) is 0 Å². The van der Waals surface area contributed by atoms with E-state index in [1.807, 2.05) is 18.3 Å². The quantitative estimate of drug-likeness (QED) is 0.892. The third kappa shape index (κ3) is 3.42. The van der Waals surface area contributed by atoms with Gasteiger partial charge in [0.15, 0.2) is 0 Å². The fourth-order valence-electron chi connectivity index (χ4n) is 4.80. The minimum Gasteiger partial charge on any atom is -0.299 e. The zero-order valence-corrected chi connectivity index (χ0v) is 15.2. The number of H-pyrrole nitrogens is 1. The fraction of sp³-hybridized carbons (Fsp3) is 0.571. The van der Waals surface area contributed by atoms with Crippen molar-refractivity contribution in [2.24, 2.45) is 11.8 Å². The first-order chi connectivity index (χ1) is 12.7. The Kier molecular flexibility index (Phi) is 4.29. The van der Waals surface area contributed by atoms with E-state index in [-0.39, 0.29) is 5.82 Å². The highest BCUT2D eigenvalue weighted by Gasteiger charge is 2.37. The van der Waals surface area contributed by atoms with Gasteiger partial charge in [-0.2, -0.15) is 5.10 Å². The zero-order chi connectivity index (χ0) is 17.5. The minimum atomic E-state index is -0.199. The Labute approximate surface area is 154 Å². The number of nitrogens with zero attached hydrogens (tertiary/aromatic N) is 3. The standard InChI is InChI=1S/C21H27FN4/c22-19-6-4-17(5-7-19)21-18(9-23-24-21)13-25-10-16-3-8-20(14-25)26(12-16)11-15-1-2-15/h4-7,9,15-16,20H,1-3,8,10-14H2,(H,23,24)/t16-,20+/m1/s1. The van der Waals surface area contributed by atoms with Crippen LogP contribution < -0.4 is 0 Å². The SMILES string of the molecule is Fc1ccc(-c2[nH]ncc2CN2C[C@H]3CC[C@@H](C2)N(CC2CC2)C3)cc1. The lowest BCUT2D eigenvalue weighted by molar-refractivity contribution is 0.125. The van der Waals surface area contributed by atoms with Gasteiger partial charge in [-0.25, -0.2) is 4.39 Å². The highest BCUT2D eigenvalue weighted by atomic mass is 19.1. The van der Waals surface area contributed by atoms with Crippen molar-refractivity contribution in [3.63, 3.8) is 0 Å². The molecular formula is C21H27FN4. The molecule has 2 aromatic rings. The largest absolute Gasteiger partial charge is 0.299 e. The van der Waals surface area contributed by atoms with Crippen LogP contribution in [0.1, 0.15) is 31.2 Å². The number of fused-ring (bicyclic) bond motifs is 4. The monoisotopic (exact) mass is 354 g/mol. The number of halogens is 1. The van der Waals surface area contributed by atoms with Crippen molar-refractivity contribution in [2.75, 3.05) is 26.2 Å². The van der Waals surface area contributed by atoms with E-state index >= 15 is 0 Å². The molecule has 1 aliphatic carbocycles. The third-order valence-electron chi connectivity index (χ3n) is 6.34. The molecular weight excluding hydrogens is 327 g/mol. The normalized spacial score (nSPS) is 27.0. The topological polar surface area (TPSA) is 35.2 Å². The number of benzene rings is 1. The van der Waals surface area contributed by atoms with Crippen LogP contribution in [0.2, 0.25) is 0 Å². The summed E-state index contributed by atoms with van der Waals surface area (Å²) in [6.07, 6.45) is 7.54. The van der Waals surface area contributed by atoms with Crippen molar-refractivity contribution in [3.05, 3.63) is 41.8 Å². The van der Waals surface area contributed by atoms with E-state index in [1.54, 1.807) is 0 Å². The van der Waals surface area contributed by atoms with Gasteiger partial charge in [-0.05, 0) is 61.8 Å². The molecule has 1 N–H and O–H groups in total. The van der Waals surface area contributed by atoms with Crippen LogP contribution in [0, 0.1) is 17.7 Å². The Bertz CT molecular complexity index is 752. The first kappa shape index (κ1) is 16.5. The zero-order valence-electron chi connectivity index (χ0n) is 15.2. The molecule has 6 rings (SSSR count). The average Bonchev–Trinajstić information content (AvgIpc) is 3.40. The molecule has 0 radical (unpaired) electrons. The summed E-state index contributed by atoms with van der Waals surface area (Å²) in [5.74, 6) is 1.57. The van der Waals surface area contributed by atoms with Crippen molar-refractivity contribution in [1.29, 1.82) is 0 Å².